The van der Waals surface area contributed by atoms with Crippen molar-refractivity contribution in [2.24, 2.45) is 0 Å². The first-order valence-corrected chi connectivity index (χ1v) is 5.91. The van der Waals surface area contributed by atoms with Crippen LogP contribution in [0.5, 0.6) is 0 Å². The number of hydrogen-bond donors (Lipinski definition) is 0. The fourth-order valence-electron chi connectivity index (χ4n) is 2.01. The lowest BCUT2D eigenvalue weighted by atomic mass is 10.1. The van der Waals surface area contributed by atoms with Crippen molar-refractivity contribution in [2.45, 2.75) is 6.18 Å². The first-order chi connectivity index (χ1) is 10.0. The lowest BCUT2D eigenvalue weighted by Gasteiger charge is -2.07. The quantitative estimate of drug-likeness (QED) is 0.690. The molecular weight excluding hydrogens is 281 g/mol. The molecule has 0 saturated carbocycles. The molecule has 4 nitrogen and oxygen atoms in total. The highest BCUT2D eigenvalue weighted by Gasteiger charge is 2.30. The largest absolute Gasteiger partial charge is 0.416 e. The van der Waals surface area contributed by atoms with Crippen LogP contribution in [0.4, 0.5) is 13.2 Å². The summed E-state index contributed by atoms with van der Waals surface area (Å²) in [7, 11) is 0. The Morgan fingerprint density at radius 3 is 2.48 bits per heavy atom. The molecule has 0 atom stereocenters. The highest BCUT2D eigenvalue weighted by atomic mass is 19.4. The summed E-state index contributed by atoms with van der Waals surface area (Å²) in [5.74, 6) is 0.378. The molecular formula is C14H7F3N4. The van der Waals surface area contributed by atoms with Crippen molar-refractivity contribution in [1.82, 2.24) is 14.4 Å². The van der Waals surface area contributed by atoms with Gasteiger partial charge in [0.25, 0.3) is 0 Å². The second-order valence-electron chi connectivity index (χ2n) is 4.28. The number of halogens is 3. The molecule has 3 rings (SSSR count). The smallest absolute Gasteiger partial charge is 0.283 e. The minimum Gasteiger partial charge on any atom is -0.283 e. The van der Waals surface area contributed by atoms with Crippen LogP contribution in [-0.2, 0) is 6.18 Å². The molecule has 0 fully saturated rings. The maximum Gasteiger partial charge on any atom is 0.416 e. The van der Waals surface area contributed by atoms with E-state index in [4.69, 9.17) is 5.26 Å². The minimum atomic E-state index is -4.38. The highest BCUT2D eigenvalue weighted by Crippen LogP contribution is 2.31. The van der Waals surface area contributed by atoms with Crippen LogP contribution in [0.15, 0.2) is 42.7 Å². The van der Waals surface area contributed by atoms with E-state index >= 15 is 0 Å². The summed E-state index contributed by atoms with van der Waals surface area (Å²) in [6, 6.07) is 8.20. The fraction of sp³-hybridized carbons (Fsp3) is 0.0714. The van der Waals surface area contributed by atoms with Crippen molar-refractivity contribution in [2.75, 3.05) is 0 Å². The maximum atomic E-state index is 12.6. The normalized spacial score (nSPS) is 11.5. The van der Waals surface area contributed by atoms with E-state index in [9.17, 15) is 13.2 Å². The van der Waals surface area contributed by atoms with Crippen molar-refractivity contribution in [3.8, 4) is 17.5 Å². The maximum absolute atomic E-state index is 12.6. The Labute approximate surface area is 117 Å². The predicted molar refractivity (Wildman–Crippen MR) is 68.1 cm³/mol. The number of nitriles is 1. The lowest BCUT2D eigenvalue weighted by molar-refractivity contribution is -0.137. The average molecular weight is 288 g/mol. The molecule has 0 aliphatic rings. The molecule has 104 valence electrons. The zero-order valence-corrected chi connectivity index (χ0v) is 10.5. The number of imidazole rings is 1. The molecule has 0 radical (unpaired) electrons. The summed E-state index contributed by atoms with van der Waals surface area (Å²) in [4.78, 5) is 8.18. The van der Waals surface area contributed by atoms with Gasteiger partial charge in [0, 0.05) is 18.0 Å². The molecule has 0 aliphatic heterocycles. The third kappa shape index (κ3) is 2.21. The van der Waals surface area contributed by atoms with Crippen molar-refractivity contribution in [3.05, 3.63) is 54.0 Å². The van der Waals surface area contributed by atoms with Gasteiger partial charge in [-0.25, -0.2) is 9.97 Å². The third-order valence-electron chi connectivity index (χ3n) is 2.98. The third-order valence-corrected chi connectivity index (χ3v) is 2.98. The summed E-state index contributed by atoms with van der Waals surface area (Å²) < 4.78 is 39.3. The number of benzene rings is 1. The zero-order chi connectivity index (χ0) is 15.0. The molecule has 21 heavy (non-hydrogen) atoms. The Kier molecular flexibility index (Phi) is 2.87. The van der Waals surface area contributed by atoms with E-state index in [1.54, 1.807) is 16.7 Å². The summed E-state index contributed by atoms with van der Waals surface area (Å²) >= 11 is 0. The molecule has 1 aromatic carbocycles. The Hall–Kier alpha value is -2.88. The van der Waals surface area contributed by atoms with Crippen LogP contribution in [0.2, 0.25) is 0 Å². The molecule has 0 aliphatic carbocycles. The molecule has 3 aromatic rings. The molecule has 0 spiro atoms. The van der Waals surface area contributed by atoms with E-state index in [1.807, 2.05) is 6.07 Å². The Balaban J connectivity index is 2.15. The SMILES string of the molecule is N#Cc1nc(-c2ccc(C(F)(F)F)cc2)n2cccnc12. The van der Waals surface area contributed by atoms with E-state index in [-0.39, 0.29) is 5.69 Å². The second kappa shape index (κ2) is 4.59. The Bertz CT molecular complexity index is 841. The van der Waals surface area contributed by atoms with Gasteiger partial charge in [-0.1, -0.05) is 12.1 Å². The first kappa shape index (κ1) is 13.1. The van der Waals surface area contributed by atoms with Crippen LogP contribution in [0.3, 0.4) is 0 Å². The topological polar surface area (TPSA) is 54.0 Å². The molecule has 0 amide bonds. The molecule has 2 heterocycles. The van der Waals surface area contributed by atoms with Gasteiger partial charge in [-0.3, -0.25) is 4.40 Å². The highest BCUT2D eigenvalue weighted by molar-refractivity contribution is 5.65. The van der Waals surface area contributed by atoms with Crippen LogP contribution >= 0.6 is 0 Å². The summed E-state index contributed by atoms with van der Waals surface area (Å²) in [5, 5.41) is 9.03. The monoisotopic (exact) mass is 288 g/mol. The fourth-order valence-corrected chi connectivity index (χ4v) is 2.01. The van der Waals surface area contributed by atoms with Gasteiger partial charge in [-0.05, 0) is 18.2 Å². The minimum absolute atomic E-state index is 0.130. The second-order valence-corrected chi connectivity index (χ2v) is 4.28. The number of aromatic nitrogens is 3. The van der Waals surface area contributed by atoms with Crippen LogP contribution in [0.25, 0.3) is 17.0 Å². The van der Waals surface area contributed by atoms with Gasteiger partial charge in [0.05, 0.1) is 5.56 Å². The van der Waals surface area contributed by atoms with E-state index in [0.717, 1.165) is 12.1 Å². The standard InChI is InChI=1S/C14H7F3N4/c15-14(16,17)10-4-2-9(3-5-10)12-20-11(8-18)13-19-6-1-7-21(12)13/h1-7H. The first-order valence-electron chi connectivity index (χ1n) is 5.91. The van der Waals surface area contributed by atoms with Gasteiger partial charge in [-0.15, -0.1) is 0 Å². The summed E-state index contributed by atoms with van der Waals surface area (Å²) in [5.41, 5.74) is 0.249. The predicted octanol–water partition coefficient (Wildman–Crippen LogP) is 3.29. The van der Waals surface area contributed by atoms with Crippen molar-refractivity contribution in [3.63, 3.8) is 0 Å². The van der Waals surface area contributed by atoms with Crippen LogP contribution in [-0.4, -0.2) is 14.4 Å². The van der Waals surface area contributed by atoms with E-state index in [1.165, 1.54) is 18.3 Å². The number of rotatable bonds is 1. The van der Waals surface area contributed by atoms with Gasteiger partial charge in [0.2, 0.25) is 0 Å². The Morgan fingerprint density at radius 1 is 1.14 bits per heavy atom. The summed E-state index contributed by atoms with van der Waals surface area (Å²) in [6.45, 7) is 0. The van der Waals surface area contributed by atoms with Gasteiger partial charge in [0.15, 0.2) is 11.3 Å². The molecule has 0 N–H and O–H groups in total. The van der Waals surface area contributed by atoms with E-state index < -0.39 is 11.7 Å². The van der Waals surface area contributed by atoms with Crippen LogP contribution in [0, 0.1) is 11.3 Å². The average Bonchev–Trinajstić information content (AvgIpc) is 2.85. The van der Waals surface area contributed by atoms with E-state index in [2.05, 4.69) is 9.97 Å². The number of hydrogen-bond acceptors (Lipinski definition) is 3. The number of alkyl halides is 3. The van der Waals surface area contributed by atoms with Crippen molar-refractivity contribution >= 4 is 5.65 Å². The van der Waals surface area contributed by atoms with Gasteiger partial charge in [-0.2, -0.15) is 18.4 Å². The number of nitrogens with zero attached hydrogens (tertiary/aromatic N) is 4. The van der Waals surface area contributed by atoms with Crippen molar-refractivity contribution in [1.29, 1.82) is 5.26 Å². The molecule has 0 saturated heterocycles. The van der Waals surface area contributed by atoms with Gasteiger partial charge >= 0.3 is 6.18 Å². The van der Waals surface area contributed by atoms with Crippen LogP contribution < -0.4 is 0 Å². The molecule has 2 aromatic heterocycles. The van der Waals surface area contributed by atoms with Gasteiger partial charge < -0.3 is 0 Å². The van der Waals surface area contributed by atoms with Crippen LogP contribution in [0.1, 0.15) is 11.3 Å². The number of fused-ring (bicyclic) bond motifs is 1. The molecule has 7 heteroatoms. The molecule has 0 unspecified atom stereocenters. The zero-order valence-electron chi connectivity index (χ0n) is 10.5. The van der Waals surface area contributed by atoms with Gasteiger partial charge in [0.1, 0.15) is 11.9 Å². The molecule has 0 bridgehead atoms. The lowest BCUT2D eigenvalue weighted by Crippen LogP contribution is -2.04. The summed E-state index contributed by atoms with van der Waals surface area (Å²) in [6.07, 6.45) is -1.20. The van der Waals surface area contributed by atoms with E-state index in [0.29, 0.717) is 17.0 Å². The van der Waals surface area contributed by atoms with Crippen molar-refractivity contribution < 1.29 is 13.2 Å². The Morgan fingerprint density at radius 2 is 1.86 bits per heavy atom.